The molecule has 1 atom stereocenters. The average molecular weight is 345 g/mol. The molecule has 0 spiro atoms. The van der Waals surface area contributed by atoms with E-state index in [-0.39, 0.29) is 24.7 Å². The molecule has 0 aliphatic rings. The molecule has 1 unspecified atom stereocenters. The van der Waals surface area contributed by atoms with Crippen LogP contribution in [0.2, 0.25) is 0 Å². The summed E-state index contributed by atoms with van der Waals surface area (Å²) in [6.07, 6.45) is -3.48. The molecular weight excluding hydrogens is 323 g/mol. The van der Waals surface area contributed by atoms with Crippen molar-refractivity contribution in [2.24, 2.45) is 5.92 Å². The molecule has 0 aromatic heterocycles. The number of benzene rings is 1. The number of nitrogens with one attached hydrogen (secondary N) is 1. The van der Waals surface area contributed by atoms with E-state index in [0.717, 1.165) is 12.1 Å². The zero-order valence-corrected chi connectivity index (χ0v) is 13.7. The molecule has 7 heteroatoms. The maximum atomic E-state index is 12.8. The monoisotopic (exact) mass is 345 g/mol. The van der Waals surface area contributed by atoms with Gasteiger partial charge in [-0.2, -0.15) is 13.2 Å². The van der Waals surface area contributed by atoms with Crippen molar-refractivity contribution in [3.63, 3.8) is 0 Å². The Hall–Kier alpha value is -2.05. The molecule has 1 aromatic rings. The summed E-state index contributed by atoms with van der Waals surface area (Å²) in [5.41, 5.74) is -0.347. The Labute approximate surface area is 139 Å². The lowest BCUT2D eigenvalue weighted by Crippen LogP contribution is -2.31. The van der Waals surface area contributed by atoms with Gasteiger partial charge in [-0.25, -0.2) is 0 Å². The highest BCUT2D eigenvalue weighted by molar-refractivity contribution is 5.76. The van der Waals surface area contributed by atoms with Crippen LogP contribution < -0.4 is 5.32 Å². The fraction of sp³-hybridized carbons (Fsp3) is 0.529. The second-order valence-electron chi connectivity index (χ2n) is 6.01. The zero-order chi connectivity index (χ0) is 18.3. The first-order valence-electron chi connectivity index (χ1n) is 7.79. The standard InChI is InChI=1S/C17H22F3NO3/c1-11(2)16(21-14(22)8-3-4-9-15(23)24)12-6-5-7-13(10-12)17(18,19)20/h5-7,10-11,16H,3-4,8-9H2,1-2H3,(H,21,22)(H,23,24). The predicted octanol–water partition coefficient (Wildman–Crippen LogP) is 4.16. The topological polar surface area (TPSA) is 66.4 Å². The predicted molar refractivity (Wildman–Crippen MR) is 83.3 cm³/mol. The third-order valence-corrected chi connectivity index (χ3v) is 3.60. The number of hydrogen-bond acceptors (Lipinski definition) is 2. The molecular formula is C17H22F3NO3. The van der Waals surface area contributed by atoms with Crippen LogP contribution in [0.5, 0.6) is 0 Å². The van der Waals surface area contributed by atoms with Crippen LogP contribution in [0.15, 0.2) is 24.3 Å². The molecule has 24 heavy (non-hydrogen) atoms. The van der Waals surface area contributed by atoms with E-state index in [0.29, 0.717) is 18.4 Å². The summed E-state index contributed by atoms with van der Waals surface area (Å²) in [5.74, 6) is -1.30. The van der Waals surface area contributed by atoms with Crippen molar-refractivity contribution >= 4 is 11.9 Å². The van der Waals surface area contributed by atoms with Crippen LogP contribution >= 0.6 is 0 Å². The van der Waals surface area contributed by atoms with Gasteiger partial charge in [-0.1, -0.05) is 26.0 Å². The number of carboxylic acids is 1. The van der Waals surface area contributed by atoms with Gasteiger partial charge in [-0.05, 0) is 36.5 Å². The number of carbonyl (C=O) groups is 2. The number of hydrogen-bond donors (Lipinski definition) is 2. The number of carbonyl (C=O) groups excluding carboxylic acids is 1. The van der Waals surface area contributed by atoms with E-state index in [2.05, 4.69) is 5.32 Å². The Kier molecular flexibility index (Phi) is 7.25. The summed E-state index contributed by atoms with van der Waals surface area (Å²) < 4.78 is 38.5. The molecule has 0 radical (unpaired) electrons. The molecule has 0 saturated heterocycles. The normalized spacial score (nSPS) is 12.9. The Morgan fingerprint density at radius 2 is 1.79 bits per heavy atom. The Morgan fingerprint density at radius 1 is 1.17 bits per heavy atom. The molecule has 4 nitrogen and oxygen atoms in total. The van der Waals surface area contributed by atoms with Gasteiger partial charge in [0.25, 0.3) is 0 Å². The van der Waals surface area contributed by atoms with Gasteiger partial charge in [0.2, 0.25) is 5.91 Å². The highest BCUT2D eigenvalue weighted by atomic mass is 19.4. The minimum absolute atomic E-state index is 0.00544. The van der Waals surface area contributed by atoms with E-state index >= 15 is 0 Å². The first kappa shape index (κ1) is 20.0. The van der Waals surface area contributed by atoms with E-state index in [1.165, 1.54) is 6.07 Å². The number of aliphatic carboxylic acids is 1. The van der Waals surface area contributed by atoms with Gasteiger partial charge in [-0.3, -0.25) is 9.59 Å². The Bertz CT molecular complexity index is 570. The highest BCUT2D eigenvalue weighted by Gasteiger charge is 2.31. The number of alkyl halides is 3. The van der Waals surface area contributed by atoms with E-state index in [4.69, 9.17) is 5.11 Å². The van der Waals surface area contributed by atoms with E-state index in [1.807, 2.05) is 13.8 Å². The van der Waals surface area contributed by atoms with Gasteiger partial charge in [-0.15, -0.1) is 0 Å². The summed E-state index contributed by atoms with van der Waals surface area (Å²) in [6.45, 7) is 3.63. The zero-order valence-electron chi connectivity index (χ0n) is 13.7. The Morgan fingerprint density at radius 3 is 2.33 bits per heavy atom. The minimum Gasteiger partial charge on any atom is -0.481 e. The third-order valence-electron chi connectivity index (χ3n) is 3.60. The van der Waals surface area contributed by atoms with Crippen molar-refractivity contribution in [2.45, 2.75) is 51.7 Å². The molecule has 2 N–H and O–H groups in total. The van der Waals surface area contributed by atoms with E-state index in [1.54, 1.807) is 6.07 Å². The van der Waals surface area contributed by atoms with E-state index < -0.39 is 23.8 Å². The summed E-state index contributed by atoms with van der Waals surface area (Å²) in [6, 6.07) is 4.40. The summed E-state index contributed by atoms with van der Waals surface area (Å²) in [5, 5.41) is 11.3. The lowest BCUT2D eigenvalue weighted by molar-refractivity contribution is -0.138. The lowest BCUT2D eigenvalue weighted by Gasteiger charge is -2.24. The second-order valence-corrected chi connectivity index (χ2v) is 6.01. The molecule has 1 aromatic carbocycles. The Balaban J connectivity index is 2.74. The van der Waals surface area contributed by atoms with Crippen LogP contribution in [0, 0.1) is 5.92 Å². The van der Waals surface area contributed by atoms with Crippen LogP contribution in [0.3, 0.4) is 0 Å². The molecule has 0 fully saturated rings. The summed E-state index contributed by atoms with van der Waals surface area (Å²) in [7, 11) is 0. The van der Waals surface area contributed by atoms with Gasteiger partial charge in [0, 0.05) is 12.8 Å². The third kappa shape index (κ3) is 6.60. The van der Waals surface area contributed by atoms with Gasteiger partial charge in [0.1, 0.15) is 0 Å². The lowest BCUT2D eigenvalue weighted by atomic mass is 9.94. The molecule has 0 heterocycles. The largest absolute Gasteiger partial charge is 0.481 e. The minimum atomic E-state index is -4.43. The van der Waals surface area contributed by atoms with Crippen LogP contribution in [-0.2, 0) is 15.8 Å². The first-order chi connectivity index (χ1) is 11.1. The summed E-state index contributed by atoms with van der Waals surface area (Å²) in [4.78, 5) is 22.4. The quantitative estimate of drug-likeness (QED) is 0.695. The number of halogens is 3. The van der Waals surface area contributed by atoms with Crippen molar-refractivity contribution in [1.82, 2.24) is 5.32 Å². The van der Waals surface area contributed by atoms with Gasteiger partial charge >= 0.3 is 12.1 Å². The SMILES string of the molecule is CC(C)C(NC(=O)CCCCC(=O)O)c1cccc(C(F)(F)F)c1. The highest BCUT2D eigenvalue weighted by Crippen LogP contribution is 2.32. The van der Waals surface area contributed by atoms with E-state index in [9.17, 15) is 22.8 Å². The van der Waals surface area contributed by atoms with Crippen LogP contribution in [-0.4, -0.2) is 17.0 Å². The number of carboxylic acid groups (broad SMARTS) is 1. The van der Waals surface area contributed by atoms with Crippen molar-refractivity contribution in [3.8, 4) is 0 Å². The number of amides is 1. The van der Waals surface area contributed by atoms with Gasteiger partial charge in [0.05, 0.1) is 11.6 Å². The van der Waals surface area contributed by atoms with Crippen LogP contribution in [0.1, 0.15) is 56.7 Å². The smallest absolute Gasteiger partial charge is 0.416 e. The summed E-state index contributed by atoms with van der Waals surface area (Å²) >= 11 is 0. The maximum Gasteiger partial charge on any atom is 0.416 e. The fourth-order valence-electron chi connectivity index (χ4n) is 2.35. The number of unbranched alkanes of at least 4 members (excludes halogenated alkanes) is 1. The molecule has 1 rings (SSSR count). The van der Waals surface area contributed by atoms with Crippen LogP contribution in [0.25, 0.3) is 0 Å². The molecule has 0 aliphatic carbocycles. The van der Waals surface area contributed by atoms with Crippen molar-refractivity contribution in [1.29, 1.82) is 0 Å². The molecule has 134 valence electrons. The first-order valence-corrected chi connectivity index (χ1v) is 7.79. The van der Waals surface area contributed by atoms with Gasteiger partial charge < -0.3 is 10.4 Å². The van der Waals surface area contributed by atoms with Crippen molar-refractivity contribution in [3.05, 3.63) is 35.4 Å². The molecule has 0 bridgehead atoms. The molecule has 1 amide bonds. The fourth-order valence-corrected chi connectivity index (χ4v) is 2.35. The molecule has 0 aliphatic heterocycles. The maximum absolute atomic E-state index is 12.8. The van der Waals surface area contributed by atoms with Gasteiger partial charge in [0.15, 0.2) is 0 Å². The average Bonchev–Trinajstić information content (AvgIpc) is 2.48. The number of rotatable bonds is 8. The van der Waals surface area contributed by atoms with Crippen molar-refractivity contribution < 1.29 is 27.9 Å². The van der Waals surface area contributed by atoms with Crippen LogP contribution in [0.4, 0.5) is 13.2 Å². The molecule has 0 saturated carbocycles. The van der Waals surface area contributed by atoms with Crippen molar-refractivity contribution in [2.75, 3.05) is 0 Å². The second kappa shape index (κ2) is 8.70.